The minimum absolute atomic E-state index is 0.139. The molecule has 1 amide bonds. The van der Waals surface area contributed by atoms with E-state index in [9.17, 15) is 9.59 Å². The highest BCUT2D eigenvalue weighted by molar-refractivity contribution is 5.71. The highest BCUT2D eigenvalue weighted by atomic mass is 16.6. The van der Waals surface area contributed by atoms with Crippen molar-refractivity contribution in [1.82, 2.24) is 4.90 Å². The Morgan fingerprint density at radius 1 is 1.59 bits per heavy atom. The highest BCUT2D eigenvalue weighted by Gasteiger charge is 2.28. The van der Waals surface area contributed by atoms with Crippen LogP contribution in [0.25, 0.3) is 0 Å². The Labute approximate surface area is 97.8 Å². The number of rotatable bonds is 4. The maximum atomic E-state index is 11.6. The molecule has 6 nitrogen and oxygen atoms in total. The summed E-state index contributed by atoms with van der Waals surface area (Å²) in [5.74, 6) is -0.277. The first-order valence-electron chi connectivity index (χ1n) is 5.35. The van der Waals surface area contributed by atoms with Gasteiger partial charge in [0.05, 0.1) is 19.2 Å². The number of hydrogen-bond donors (Lipinski definition) is 1. The molecule has 6 heteroatoms. The van der Waals surface area contributed by atoms with E-state index < -0.39 is 18.2 Å². The van der Waals surface area contributed by atoms with Crippen LogP contribution in [0.2, 0.25) is 0 Å². The molecule has 0 radical (unpaired) electrons. The van der Waals surface area contributed by atoms with Gasteiger partial charge in [0, 0.05) is 13.0 Å². The summed E-state index contributed by atoms with van der Waals surface area (Å²) in [6.45, 7) is 0.836. The maximum Gasteiger partial charge on any atom is 0.410 e. The monoisotopic (exact) mass is 239 g/mol. The zero-order valence-electron chi connectivity index (χ0n) is 9.17. The average Bonchev–Trinajstić information content (AvgIpc) is 2.74. The lowest BCUT2D eigenvalue weighted by atomic mass is 10.1. The predicted octanol–water partition coefficient (Wildman–Crippen LogP) is 1.47. The number of carboxylic acids is 1. The van der Waals surface area contributed by atoms with Gasteiger partial charge >= 0.3 is 12.1 Å². The van der Waals surface area contributed by atoms with Gasteiger partial charge in [-0.25, -0.2) is 4.79 Å². The molecule has 1 unspecified atom stereocenters. The molecule has 1 fully saturated rings. The van der Waals surface area contributed by atoms with Crippen LogP contribution < -0.4 is 0 Å². The Morgan fingerprint density at radius 2 is 2.41 bits per heavy atom. The van der Waals surface area contributed by atoms with Crippen LogP contribution in [0.5, 0.6) is 0 Å². The molecule has 1 aromatic rings. The molecular weight excluding hydrogens is 226 g/mol. The molecule has 0 aromatic carbocycles. The molecule has 0 bridgehead atoms. The van der Waals surface area contributed by atoms with Crippen molar-refractivity contribution in [2.45, 2.75) is 25.5 Å². The molecule has 1 aliphatic rings. The Morgan fingerprint density at radius 3 is 3.00 bits per heavy atom. The van der Waals surface area contributed by atoms with E-state index in [1.165, 1.54) is 11.2 Å². The molecule has 0 saturated carbocycles. The van der Waals surface area contributed by atoms with Crippen LogP contribution in [0, 0.1) is 0 Å². The molecule has 0 aliphatic carbocycles. The van der Waals surface area contributed by atoms with Gasteiger partial charge in [-0.15, -0.1) is 0 Å². The smallest absolute Gasteiger partial charge is 0.410 e. The van der Waals surface area contributed by atoms with Crippen LogP contribution in [-0.4, -0.2) is 34.7 Å². The SMILES string of the molecule is O=C(O)CC1CCN(Cc2ccco2)C(=O)O1. The second-order valence-corrected chi connectivity index (χ2v) is 3.89. The maximum absolute atomic E-state index is 11.6. The summed E-state index contributed by atoms with van der Waals surface area (Å²) < 4.78 is 10.2. The van der Waals surface area contributed by atoms with Crippen LogP contribution >= 0.6 is 0 Å². The molecule has 0 spiro atoms. The summed E-state index contributed by atoms with van der Waals surface area (Å²) in [6.07, 6.45) is 0.920. The third-order valence-electron chi connectivity index (χ3n) is 2.58. The van der Waals surface area contributed by atoms with Crippen molar-refractivity contribution in [1.29, 1.82) is 0 Å². The Balaban J connectivity index is 1.88. The number of cyclic esters (lactones) is 1. The van der Waals surface area contributed by atoms with Crippen LogP contribution in [-0.2, 0) is 16.1 Å². The van der Waals surface area contributed by atoms with E-state index in [-0.39, 0.29) is 6.42 Å². The zero-order valence-corrected chi connectivity index (χ0v) is 9.17. The number of carboxylic acid groups (broad SMARTS) is 1. The number of carbonyl (C=O) groups excluding carboxylic acids is 1. The number of ether oxygens (including phenoxy) is 1. The minimum Gasteiger partial charge on any atom is -0.481 e. The second-order valence-electron chi connectivity index (χ2n) is 3.89. The largest absolute Gasteiger partial charge is 0.481 e. The van der Waals surface area contributed by atoms with Crippen molar-refractivity contribution in [3.05, 3.63) is 24.2 Å². The van der Waals surface area contributed by atoms with E-state index in [0.29, 0.717) is 25.3 Å². The lowest BCUT2D eigenvalue weighted by Crippen LogP contribution is -2.42. The van der Waals surface area contributed by atoms with E-state index >= 15 is 0 Å². The van der Waals surface area contributed by atoms with Crippen molar-refractivity contribution in [3.8, 4) is 0 Å². The first kappa shape index (κ1) is 11.5. The molecule has 1 atom stereocenters. The Hall–Kier alpha value is -1.98. The van der Waals surface area contributed by atoms with Crippen molar-refractivity contribution < 1.29 is 23.8 Å². The standard InChI is InChI=1S/C11H13NO5/c13-10(14)6-8-3-4-12(11(15)17-8)7-9-2-1-5-16-9/h1-2,5,8H,3-4,6-7H2,(H,13,14). The quantitative estimate of drug-likeness (QED) is 0.860. The van der Waals surface area contributed by atoms with Gasteiger partial charge in [-0.2, -0.15) is 0 Å². The number of carbonyl (C=O) groups is 2. The van der Waals surface area contributed by atoms with Gasteiger partial charge in [0.1, 0.15) is 11.9 Å². The van der Waals surface area contributed by atoms with Gasteiger partial charge in [0.2, 0.25) is 0 Å². The molecule has 2 heterocycles. The van der Waals surface area contributed by atoms with Gasteiger partial charge in [0.25, 0.3) is 0 Å². The number of nitrogens with zero attached hydrogens (tertiary/aromatic N) is 1. The summed E-state index contributed by atoms with van der Waals surface area (Å²) >= 11 is 0. The van der Waals surface area contributed by atoms with Gasteiger partial charge in [-0.3, -0.25) is 4.79 Å². The van der Waals surface area contributed by atoms with Crippen molar-refractivity contribution in [3.63, 3.8) is 0 Å². The third-order valence-corrected chi connectivity index (χ3v) is 2.58. The molecule has 1 N–H and O–H groups in total. The van der Waals surface area contributed by atoms with Crippen molar-refractivity contribution in [2.24, 2.45) is 0 Å². The van der Waals surface area contributed by atoms with E-state index in [1.807, 2.05) is 0 Å². The summed E-state index contributed by atoms with van der Waals surface area (Å²) in [6, 6.07) is 3.52. The Kier molecular flexibility index (Phi) is 3.32. The van der Waals surface area contributed by atoms with Gasteiger partial charge in [-0.1, -0.05) is 0 Å². The van der Waals surface area contributed by atoms with Crippen LogP contribution in [0.15, 0.2) is 22.8 Å². The lowest BCUT2D eigenvalue weighted by molar-refractivity contribution is -0.139. The van der Waals surface area contributed by atoms with Gasteiger partial charge in [-0.05, 0) is 12.1 Å². The van der Waals surface area contributed by atoms with Crippen molar-refractivity contribution >= 4 is 12.1 Å². The van der Waals surface area contributed by atoms with E-state index in [0.717, 1.165) is 0 Å². The van der Waals surface area contributed by atoms with Crippen LogP contribution in [0.3, 0.4) is 0 Å². The number of aliphatic carboxylic acids is 1. The number of furan rings is 1. The topological polar surface area (TPSA) is 80.0 Å². The first-order valence-corrected chi connectivity index (χ1v) is 5.35. The van der Waals surface area contributed by atoms with Crippen LogP contribution in [0.4, 0.5) is 4.79 Å². The Bertz CT molecular complexity index is 400. The first-order chi connectivity index (χ1) is 8.15. The van der Waals surface area contributed by atoms with Gasteiger partial charge < -0.3 is 19.2 Å². The minimum atomic E-state index is -0.956. The van der Waals surface area contributed by atoms with E-state index in [2.05, 4.69) is 0 Å². The van der Waals surface area contributed by atoms with E-state index in [1.54, 1.807) is 12.1 Å². The number of amides is 1. The fourth-order valence-corrected chi connectivity index (χ4v) is 1.74. The molecule has 17 heavy (non-hydrogen) atoms. The summed E-state index contributed by atoms with van der Waals surface area (Å²) in [4.78, 5) is 23.6. The summed E-state index contributed by atoms with van der Waals surface area (Å²) in [7, 11) is 0. The fraction of sp³-hybridized carbons (Fsp3) is 0.455. The molecular formula is C11H13NO5. The second kappa shape index (κ2) is 4.90. The summed E-state index contributed by atoms with van der Waals surface area (Å²) in [5.41, 5.74) is 0. The third kappa shape index (κ3) is 2.99. The molecule has 1 aromatic heterocycles. The van der Waals surface area contributed by atoms with Crippen molar-refractivity contribution in [2.75, 3.05) is 6.54 Å². The van der Waals surface area contributed by atoms with E-state index in [4.69, 9.17) is 14.3 Å². The normalized spacial score (nSPS) is 20.1. The zero-order chi connectivity index (χ0) is 12.3. The summed E-state index contributed by atoms with van der Waals surface area (Å²) in [5, 5.41) is 8.61. The molecule has 92 valence electrons. The molecule has 1 saturated heterocycles. The fourth-order valence-electron chi connectivity index (χ4n) is 1.74. The molecule has 2 rings (SSSR count). The molecule has 1 aliphatic heterocycles. The average molecular weight is 239 g/mol. The lowest BCUT2D eigenvalue weighted by Gasteiger charge is -2.30. The number of hydrogen-bond acceptors (Lipinski definition) is 4. The highest BCUT2D eigenvalue weighted by Crippen LogP contribution is 2.17. The van der Waals surface area contributed by atoms with Crippen LogP contribution in [0.1, 0.15) is 18.6 Å². The van der Waals surface area contributed by atoms with Gasteiger partial charge in [0.15, 0.2) is 0 Å². The predicted molar refractivity (Wildman–Crippen MR) is 56.3 cm³/mol.